The fourth-order valence-corrected chi connectivity index (χ4v) is 2.94. The van der Waals surface area contributed by atoms with Gasteiger partial charge in [-0.3, -0.25) is 4.79 Å². The molecule has 0 bridgehead atoms. The third-order valence-electron chi connectivity index (χ3n) is 4.14. The topological polar surface area (TPSA) is 79.9 Å². The zero-order valence-corrected chi connectivity index (χ0v) is 14.7. The van der Waals surface area contributed by atoms with Gasteiger partial charge in [-0.05, 0) is 36.8 Å². The van der Waals surface area contributed by atoms with Gasteiger partial charge in [0.1, 0.15) is 0 Å². The molecule has 0 atom stereocenters. The normalized spacial score (nSPS) is 13.5. The van der Waals surface area contributed by atoms with Gasteiger partial charge in [-0.25, -0.2) is 4.79 Å². The lowest BCUT2D eigenvalue weighted by atomic mass is 10.2. The predicted octanol–water partition coefficient (Wildman–Crippen LogP) is 3.47. The number of para-hydroxylation sites is 1. The molecule has 7 heteroatoms. The van der Waals surface area contributed by atoms with Crippen LogP contribution in [0.4, 0.5) is 21.9 Å². The highest BCUT2D eigenvalue weighted by Crippen LogP contribution is 2.34. The average molecular weight is 355 g/mol. The van der Waals surface area contributed by atoms with Gasteiger partial charge in [0, 0.05) is 24.3 Å². The van der Waals surface area contributed by atoms with Gasteiger partial charge in [-0.15, -0.1) is 0 Å². The number of methoxy groups -OCH3 is 2. The molecule has 3 amide bonds. The van der Waals surface area contributed by atoms with Gasteiger partial charge in [0.15, 0.2) is 11.5 Å². The van der Waals surface area contributed by atoms with E-state index in [1.165, 1.54) is 14.2 Å². The van der Waals surface area contributed by atoms with E-state index in [-0.39, 0.29) is 5.91 Å². The number of carbonyl (C=O) groups excluding carboxylic acids is 2. The highest BCUT2D eigenvalue weighted by atomic mass is 16.5. The van der Waals surface area contributed by atoms with Crippen molar-refractivity contribution in [3.05, 3.63) is 42.5 Å². The molecule has 136 valence electrons. The molecule has 0 radical (unpaired) electrons. The molecular weight excluding hydrogens is 334 g/mol. The summed E-state index contributed by atoms with van der Waals surface area (Å²) in [5.41, 5.74) is 1.88. The van der Waals surface area contributed by atoms with Crippen molar-refractivity contribution in [3.8, 4) is 11.5 Å². The first-order valence-electron chi connectivity index (χ1n) is 8.32. The van der Waals surface area contributed by atoms with Gasteiger partial charge in [0.25, 0.3) is 0 Å². The van der Waals surface area contributed by atoms with Crippen molar-refractivity contribution >= 4 is 29.0 Å². The third-order valence-corrected chi connectivity index (χ3v) is 4.14. The fraction of sp³-hybridized carbons (Fsp3) is 0.263. The fourth-order valence-electron chi connectivity index (χ4n) is 2.94. The first kappa shape index (κ1) is 17.6. The summed E-state index contributed by atoms with van der Waals surface area (Å²) in [5.74, 6) is 1.08. The van der Waals surface area contributed by atoms with Crippen LogP contribution >= 0.6 is 0 Å². The molecule has 26 heavy (non-hydrogen) atoms. The van der Waals surface area contributed by atoms with Gasteiger partial charge in [0.05, 0.1) is 19.9 Å². The van der Waals surface area contributed by atoms with Gasteiger partial charge < -0.3 is 25.0 Å². The summed E-state index contributed by atoms with van der Waals surface area (Å²) in [6.07, 6.45) is 1.42. The van der Waals surface area contributed by atoms with E-state index in [0.717, 1.165) is 12.1 Å². The van der Waals surface area contributed by atoms with E-state index in [1.807, 2.05) is 12.1 Å². The second-order valence-corrected chi connectivity index (χ2v) is 5.82. The lowest BCUT2D eigenvalue weighted by Gasteiger charge is -2.17. The molecule has 0 aliphatic carbocycles. The number of rotatable bonds is 5. The van der Waals surface area contributed by atoms with Crippen LogP contribution in [0.5, 0.6) is 11.5 Å². The zero-order valence-electron chi connectivity index (χ0n) is 14.7. The number of hydrogen-bond acceptors (Lipinski definition) is 4. The van der Waals surface area contributed by atoms with Gasteiger partial charge in [-0.2, -0.15) is 0 Å². The molecule has 0 saturated carbocycles. The maximum absolute atomic E-state index is 12.3. The van der Waals surface area contributed by atoms with Crippen molar-refractivity contribution in [1.29, 1.82) is 0 Å². The van der Waals surface area contributed by atoms with E-state index < -0.39 is 6.03 Å². The van der Waals surface area contributed by atoms with Crippen molar-refractivity contribution in [2.45, 2.75) is 12.8 Å². The smallest absolute Gasteiger partial charge is 0.323 e. The van der Waals surface area contributed by atoms with Crippen molar-refractivity contribution < 1.29 is 19.1 Å². The number of urea groups is 1. The summed E-state index contributed by atoms with van der Waals surface area (Å²) >= 11 is 0. The standard InChI is InChI=1S/C19H21N3O4/c1-25-16-9-4-8-15(18(16)26-2)21-19(24)20-13-6-3-7-14(12-13)22-11-5-10-17(22)23/h3-4,6-9,12H,5,10-11H2,1-2H3,(H2,20,21,24). The molecule has 2 aromatic rings. The molecule has 1 heterocycles. The molecular formula is C19H21N3O4. The summed E-state index contributed by atoms with van der Waals surface area (Å²) in [7, 11) is 3.05. The number of benzene rings is 2. The Hall–Kier alpha value is -3.22. The van der Waals surface area contributed by atoms with Crippen LogP contribution in [0.15, 0.2) is 42.5 Å². The van der Waals surface area contributed by atoms with Crippen LogP contribution in [0.25, 0.3) is 0 Å². The maximum Gasteiger partial charge on any atom is 0.323 e. The highest BCUT2D eigenvalue weighted by molar-refractivity contribution is 6.02. The lowest BCUT2D eigenvalue weighted by Crippen LogP contribution is -2.24. The minimum Gasteiger partial charge on any atom is -0.493 e. The summed E-state index contributed by atoms with van der Waals surface area (Å²) in [5, 5.41) is 5.52. The maximum atomic E-state index is 12.3. The quantitative estimate of drug-likeness (QED) is 0.861. The number of carbonyl (C=O) groups is 2. The monoisotopic (exact) mass is 355 g/mol. The van der Waals surface area contributed by atoms with Crippen LogP contribution in [0, 0.1) is 0 Å². The number of nitrogens with one attached hydrogen (secondary N) is 2. The minimum absolute atomic E-state index is 0.104. The zero-order chi connectivity index (χ0) is 18.5. The first-order chi connectivity index (χ1) is 12.6. The van der Waals surface area contributed by atoms with Crippen molar-refractivity contribution in [3.63, 3.8) is 0 Å². The van der Waals surface area contributed by atoms with E-state index in [9.17, 15) is 9.59 Å². The summed E-state index contributed by atoms with van der Waals surface area (Å²) in [4.78, 5) is 26.0. The molecule has 1 saturated heterocycles. The SMILES string of the molecule is COc1cccc(NC(=O)Nc2cccc(N3CCCC3=O)c2)c1OC. The van der Waals surface area contributed by atoms with Crippen molar-refractivity contribution in [1.82, 2.24) is 0 Å². The van der Waals surface area contributed by atoms with E-state index in [0.29, 0.717) is 35.8 Å². The van der Waals surface area contributed by atoms with Gasteiger partial charge in [0.2, 0.25) is 5.91 Å². The molecule has 2 N–H and O–H groups in total. The molecule has 0 aromatic heterocycles. The number of anilines is 3. The van der Waals surface area contributed by atoms with Crippen molar-refractivity contribution in [2.24, 2.45) is 0 Å². The predicted molar refractivity (Wildman–Crippen MR) is 100 cm³/mol. The van der Waals surface area contributed by atoms with Crippen LogP contribution in [0.2, 0.25) is 0 Å². The van der Waals surface area contributed by atoms with Gasteiger partial charge in [-0.1, -0.05) is 12.1 Å². The van der Waals surface area contributed by atoms with E-state index in [1.54, 1.807) is 35.2 Å². The highest BCUT2D eigenvalue weighted by Gasteiger charge is 2.21. The van der Waals surface area contributed by atoms with E-state index >= 15 is 0 Å². The number of ether oxygens (including phenoxy) is 2. The van der Waals surface area contributed by atoms with Crippen LogP contribution in [0.3, 0.4) is 0 Å². The summed E-state index contributed by atoms with van der Waals surface area (Å²) in [6.45, 7) is 0.704. The molecule has 1 aliphatic heterocycles. The van der Waals surface area contributed by atoms with Crippen LogP contribution in [0.1, 0.15) is 12.8 Å². The molecule has 1 aliphatic rings. The molecule has 7 nitrogen and oxygen atoms in total. The number of hydrogen-bond donors (Lipinski definition) is 2. The number of amides is 3. The largest absolute Gasteiger partial charge is 0.493 e. The second kappa shape index (κ2) is 7.77. The molecule has 2 aromatic carbocycles. The Balaban J connectivity index is 1.72. The Morgan fingerprint density at radius 2 is 1.88 bits per heavy atom. The average Bonchev–Trinajstić information content (AvgIpc) is 3.07. The lowest BCUT2D eigenvalue weighted by molar-refractivity contribution is -0.117. The first-order valence-corrected chi connectivity index (χ1v) is 8.32. The molecule has 3 rings (SSSR count). The Bertz CT molecular complexity index is 822. The van der Waals surface area contributed by atoms with Crippen LogP contribution in [-0.2, 0) is 4.79 Å². The molecule has 0 spiro atoms. The minimum atomic E-state index is -0.415. The molecule has 1 fully saturated rings. The van der Waals surface area contributed by atoms with E-state index in [4.69, 9.17) is 9.47 Å². The Morgan fingerprint density at radius 1 is 1.08 bits per heavy atom. The van der Waals surface area contributed by atoms with Crippen molar-refractivity contribution in [2.75, 3.05) is 36.3 Å². The second-order valence-electron chi connectivity index (χ2n) is 5.82. The number of nitrogens with zero attached hydrogens (tertiary/aromatic N) is 1. The van der Waals surface area contributed by atoms with Crippen LogP contribution in [-0.4, -0.2) is 32.7 Å². The Morgan fingerprint density at radius 3 is 2.58 bits per heavy atom. The third kappa shape index (κ3) is 3.72. The Kier molecular flexibility index (Phi) is 5.26. The summed E-state index contributed by atoms with van der Waals surface area (Å²) in [6, 6.07) is 12.0. The molecule has 0 unspecified atom stereocenters. The van der Waals surface area contributed by atoms with E-state index in [2.05, 4.69) is 10.6 Å². The van der Waals surface area contributed by atoms with Crippen LogP contribution < -0.4 is 25.0 Å². The van der Waals surface area contributed by atoms with Gasteiger partial charge >= 0.3 is 6.03 Å². The Labute approximate surface area is 151 Å². The summed E-state index contributed by atoms with van der Waals surface area (Å²) < 4.78 is 10.5.